The summed E-state index contributed by atoms with van der Waals surface area (Å²) in [4.78, 5) is 14.8. The average Bonchev–Trinajstić information content (AvgIpc) is 2.87. The fraction of sp³-hybridized carbons (Fsp3) is 0.824. The molecule has 128 valence electrons. The highest BCUT2D eigenvalue weighted by Crippen LogP contribution is 2.32. The molecule has 5 nitrogen and oxygen atoms in total. The van der Waals surface area contributed by atoms with Gasteiger partial charge >= 0.3 is 0 Å². The predicted octanol–water partition coefficient (Wildman–Crippen LogP) is 3.40. The predicted molar refractivity (Wildman–Crippen MR) is 92.7 cm³/mol. The summed E-state index contributed by atoms with van der Waals surface area (Å²) in [6, 6.07) is 0. The Bertz CT molecular complexity index is 608. The Hall–Kier alpha value is -1.17. The Kier molecular flexibility index (Phi) is 5.19. The van der Waals surface area contributed by atoms with Crippen LogP contribution in [0.15, 0.2) is 0 Å². The maximum atomic E-state index is 12.7. The second kappa shape index (κ2) is 7.16. The van der Waals surface area contributed by atoms with Crippen molar-refractivity contribution in [2.24, 2.45) is 18.9 Å². The fourth-order valence-electron chi connectivity index (χ4n) is 4.26. The van der Waals surface area contributed by atoms with Crippen molar-refractivity contribution >= 4 is 18.1 Å². The van der Waals surface area contributed by atoms with Gasteiger partial charge in [0.25, 0.3) is 0 Å². The van der Waals surface area contributed by atoms with Crippen molar-refractivity contribution in [1.29, 1.82) is 0 Å². The first kappa shape index (κ1) is 16.7. The van der Waals surface area contributed by atoms with Crippen molar-refractivity contribution in [3.63, 3.8) is 0 Å². The lowest BCUT2D eigenvalue weighted by atomic mass is 9.80. The zero-order chi connectivity index (χ0) is 16.4. The summed E-state index contributed by atoms with van der Waals surface area (Å²) in [5, 5.41) is 7.23. The van der Waals surface area contributed by atoms with Crippen LogP contribution in [0.3, 0.4) is 0 Å². The van der Waals surface area contributed by atoms with Crippen LogP contribution in [0.4, 0.5) is 0 Å². The van der Waals surface area contributed by atoms with Crippen molar-refractivity contribution in [1.82, 2.24) is 19.7 Å². The Morgan fingerprint density at radius 1 is 1.35 bits per heavy atom. The normalized spacial score (nSPS) is 28.8. The molecule has 1 N–H and O–H groups in total. The van der Waals surface area contributed by atoms with E-state index in [1.807, 2.05) is 11.6 Å². The molecule has 0 spiro atoms. The summed E-state index contributed by atoms with van der Waals surface area (Å²) in [5.41, 5.74) is 0. The van der Waals surface area contributed by atoms with Crippen LogP contribution in [0.1, 0.15) is 63.6 Å². The van der Waals surface area contributed by atoms with Crippen LogP contribution < -0.4 is 0 Å². The zero-order valence-electron chi connectivity index (χ0n) is 14.3. The molecule has 1 aromatic heterocycles. The number of carbonyl (C=O) groups is 1. The van der Waals surface area contributed by atoms with Gasteiger partial charge in [-0.1, -0.05) is 19.8 Å². The van der Waals surface area contributed by atoms with Gasteiger partial charge in [-0.3, -0.25) is 9.89 Å². The number of carbonyl (C=O) groups excluding carboxylic acids is 1. The quantitative estimate of drug-likeness (QED) is 0.861. The van der Waals surface area contributed by atoms with Crippen LogP contribution in [-0.4, -0.2) is 38.7 Å². The molecular weight excluding hydrogens is 308 g/mol. The number of hydrogen-bond acceptors (Lipinski definition) is 3. The number of likely N-dealkylation sites (tertiary alicyclic amines) is 1. The number of hydrogen-bond donors (Lipinski definition) is 1. The van der Waals surface area contributed by atoms with Gasteiger partial charge in [-0.2, -0.15) is 5.10 Å². The van der Waals surface area contributed by atoms with E-state index in [0.29, 0.717) is 22.5 Å². The van der Waals surface area contributed by atoms with E-state index in [0.717, 1.165) is 44.1 Å². The number of aromatic nitrogens is 3. The number of nitrogens with one attached hydrogen (secondary N) is 1. The monoisotopic (exact) mass is 336 g/mol. The third-order valence-electron chi connectivity index (χ3n) is 5.56. The molecule has 0 unspecified atom stereocenters. The first-order valence-electron chi connectivity index (χ1n) is 8.93. The van der Waals surface area contributed by atoms with E-state index in [4.69, 9.17) is 12.2 Å². The van der Waals surface area contributed by atoms with E-state index in [1.54, 1.807) is 0 Å². The minimum atomic E-state index is 0.302. The van der Waals surface area contributed by atoms with E-state index in [2.05, 4.69) is 22.0 Å². The molecule has 1 aliphatic carbocycles. The van der Waals surface area contributed by atoms with Gasteiger partial charge in [-0.15, -0.1) is 0 Å². The summed E-state index contributed by atoms with van der Waals surface area (Å²) in [6.45, 7) is 4.00. The number of rotatable bonds is 3. The minimum absolute atomic E-state index is 0.302. The third kappa shape index (κ3) is 3.84. The molecule has 0 radical (unpaired) electrons. The van der Waals surface area contributed by atoms with Crippen molar-refractivity contribution < 1.29 is 4.79 Å². The van der Waals surface area contributed by atoms with E-state index in [1.165, 1.54) is 25.7 Å². The van der Waals surface area contributed by atoms with E-state index >= 15 is 0 Å². The molecule has 0 bridgehead atoms. The zero-order valence-corrected chi connectivity index (χ0v) is 15.1. The highest BCUT2D eigenvalue weighted by Gasteiger charge is 2.29. The largest absolute Gasteiger partial charge is 0.342 e. The smallest absolute Gasteiger partial charge is 0.222 e. The number of H-pyrrole nitrogens is 1. The summed E-state index contributed by atoms with van der Waals surface area (Å²) in [5.74, 6) is 3.00. The van der Waals surface area contributed by atoms with Crippen LogP contribution in [0, 0.1) is 16.6 Å². The summed E-state index contributed by atoms with van der Waals surface area (Å²) in [6.07, 6.45) is 7.92. The summed E-state index contributed by atoms with van der Waals surface area (Å²) < 4.78 is 2.59. The molecule has 1 amide bonds. The molecular formula is C17H28N4OS. The number of nitrogens with zero attached hydrogens (tertiary/aromatic N) is 3. The molecule has 2 heterocycles. The topological polar surface area (TPSA) is 53.9 Å². The molecule has 23 heavy (non-hydrogen) atoms. The second-order valence-electron chi connectivity index (χ2n) is 7.47. The average molecular weight is 337 g/mol. The van der Waals surface area contributed by atoms with Crippen LogP contribution in [0.5, 0.6) is 0 Å². The number of piperidine rings is 1. The molecule has 3 atom stereocenters. The summed E-state index contributed by atoms with van der Waals surface area (Å²) >= 11 is 5.21. The lowest BCUT2D eigenvalue weighted by molar-refractivity contribution is -0.133. The van der Waals surface area contributed by atoms with Gasteiger partial charge in [0.1, 0.15) is 5.82 Å². The molecule has 1 aliphatic heterocycles. The lowest BCUT2D eigenvalue weighted by Gasteiger charge is -2.34. The summed E-state index contributed by atoms with van der Waals surface area (Å²) in [7, 11) is 1.95. The van der Waals surface area contributed by atoms with Gasteiger partial charge < -0.3 is 9.47 Å². The van der Waals surface area contributed by atoms with Crippen molar-refractivity contribution in [2.75, 3.05) is 13.1 Å². The standard InChI is InChI=1S/C17H28N4OS/c1-12-5-3-6-13(9-12)10-15(22)21-8-4-7-14(11-21)16-18-19-17(23)20(16)2/h12-14H,3-11H2,1-2H3,(H,19,23)/t12-,13+,14+/m1/s1. The van der Waals surface area contributed by atoms with Crippen LogP contribution in [0.25, 0.3) is 0 Å². The maximum absolute atomic E-state index is 12.7. The first-order valence-corrected chi connectivity index (χ1v) is 9.34. The Labute approximate surface area is 143 Å². The van der Waals surface area contributed by atoms with Crippen molar-refractivity contribution in [3.05, 3.63) is 10.6 Å². The minimum Gasteiger partial charge on any atom is -0.342 e. The molecule has 2 aliphatic rings. The van der Waals surface area contributed by atoms with Gasteiger partial charge in [0.05, 0.1) is 0 Å². The molecule has 1 aromatic rings. The molecule has 1 saturated carbocycles. The third-order valence-corrected chi connectivity index (χ3v) is 5.93. The number of aromatic amines is 1. The Morgan fingerprint density at radius 3 is 2.87 bits per heavy atom. The Balaban J connectivity index is 1.60. The second-order valence-corrected chi connectivity index (χ2v) is 7.85. The van der Waals surface area contributed by atoms with Crippen LogP contribution in [-0.2, 0) is 11.8 Å². The molecule has 2 fully saturated rings. The van der Waals surface area contributed by atoms with Gasteiger partial charge in [0.2, 0.25) is 5.91 Å². The van der Waals surface area contributed by atoms with Gasteiger partial charge in [0.15, 0.2) is 4.77 Å². The SMILES string of the molecule is C[C@@H]1CCC[C@H](CC(=O)N2CCC[C@H](c3n[nH]c(=S)n3C)C2)C1. The Morgan fingerprint density at radius 2 is 2.17 bits per heavy atom. The van der Waals surface area contributed by atoms with Crippen LogP contribution in [0.2, 0.25) is 0 Å². The molecule has 1 saturated heterocycles. The van der Waals surface area contributed by atoms with E-state index in [9.17, 15) is 4.79 Å². The number of amides is 1. The lowest BCUT2D eigenvalue weighted by Crippen LogP contribution is -2.40. The van der Waals surface area contributed by atoms with E-state index in [-0.39, 0.29) is 0 Å². The first-order chi connectivity index (χ1) is 11.0. The fourth-order valence-corrected chi connectivity index (χ4v) is 4.40. The maximum Gasteiger partial charge on any atom is 0.222 e. The van der Waals surface area contributed by atoms with Gasteiger partial charge in [-0.25, -0.2) is 0 Å². The van der Waals surface area contributed by atoms with Crippen molar-refractivity contribution in [3.8, 4) is 0 Å². The van der Waals surface area contributed by atoms with Crippen molar-refractivity contribution in [2.45, 2.75) is 57.8 Å². The molecule has 3 rings (SSSR count). The van der Waals surface area contributed by atoms with E-state index < -0.39 is 0 Å². The highest BCUT2D eigenvalue weighted by molar-refractivity contribution is 7.71. The molecule has 6 heteroatoms. The van der Waals surface area contributed by atoms with Gasteiger partial charge in [0, 0.05) is 32.5 Å². The highest BCUT2D eigenvalue weighted by atomic mass is 32.1. The molecule has 0 aromatic carbocycles. The van der Waals surface area contributed by atoms with Crippen LogP contribution >= 0.6 is 12.2 Å². The van der Waals surface area contributed by atoms with Gasteiger partial charge in [-0.05, 0) is 49.7 Å².